The van der Waals surface area contributed by atoms with E-state index in [2.05, 4.69) is 10.2 Å². The van der Waals surface area contributed by atoms with Gasteiger partial charge in [-0.15, -0.1) is 0 Å². The Morgan fingerprint density at radius 1 is 1.50 bits per heavy atom. The second-order valence-corrected chi connectivity index (χ2v) is 5.64. The van der Waals surface area contributed by atoms with E-state index >= 15 is 0 Å². The number of hydrogen-bond donors (Lipinski definition) is 2. The standard InChI is InChI=1S/C15H23ClN2O2/c1-20-15-5-4-13(16)9-12(15)10-18(7-8-19)11-14-3-2-6-17-14/h4-5,9,14,17,19H,2-3,6-8,10-11H2,1H3. The molecule has 0 amide bonds. The van der Waals surface area contributed by atoms with Gasteiger partial charge in [0.05, 0.1) is 13.7 Å². The van der Waals surface area contributed by atoms with Crippen LogP contribution in [0.1, 0.15) is 18.4 Å². The SMILES string of the molecule is COc1ccc(Cl)cc1CN(CCO)CC1CCCN1. The molecule has 112 valence electrons. The van der Waals surface area contributed by atoms with Gasteiger partial charge in [0.1, 0.15) is 5.75 Å². The zero-order valence-electron chi connectivity index (χ0n) is 11.9. The summed E-state index contributed by atoms with van der Waals surface area (Å²) in [5, 5.41) is 13.5. The van der Waals surface area contributed by atoms with E-state index in [1.54, 1.807) is 7.11 Å². The molecule has 0 radical (unpaired) electrons. The van der Waals surface area contributed by atoms with Crippen molar-refractivity contribution in [3.63, 3.8) is 0 Å². The summed E-state index contributed by atoms with van der Waals surface area (Å²) in [6, 6.07) is 6.18. The molecule has 0 spiro atoms. The Balaban J connectivity index is 2.04. The lowest BCUT2D eigenvalue weighted by Crippen LogP contribution is -2.38. The number of hydrogen-bond acceptors (Lipinski definition) is 4. The molecule has 1 aliphatic rings. The van der Waals surface area contributed by atoms with Crippen LogP contribution in [0.15, 0.2) is 18.2 Å². The molecule has 1 aliphatic heterocycles. The maximum Gasteiger partial charge on any atom is 0.123 e. The van der Waals surface area contributed by atoms with Crippen molar-refractivity contribution in [2.45, 2.75) is 25.4 Å². The van der Waals surface area contributed by atoms with Crippen molar-refractivity contribution in [3.8, 4) is 5.75 Å². The first kappa shape index (κ1) is 15.6. The highest BCUT2D eigenvalue weighted by Crippen LogP contribution is 2.24. The maximum atomic E-state index is 9.25. The van der Waals surface area contributed by atoms with E-state index in [0.29, 0.717) is 17.6 Å². The van der Waals surface area contributed by atoms with Crippen molar-refractivity contribution in [2.75, 3.05) is 33.4 Å². The molecule has 2 N–H and O–H groups in total. The van der Waals surface area contributed by atoms with Gasteiger partial charge in [-0.05, 0) is 37.6 Å². The fourth-order valence-corrected chi connectivity index (χ4v) is 2.91. The summed E-state index contributed by atoms with van der Waals surface area (Å²) >= 11 is 6.07. The second kappa shape index (κ2) is 7.84. The third kappa shape index (κ3) is 4.35. The van der Waals surface area contributed by atoms with Crippen LogP contribution < -0.4 is 10.1 Å². The average molecular weight is 299 g/mol. The third-order valence-electron chi connectivity index (χ3n) is 3.69. The Bertz CT molecular complexity index is 422. The molecule has 0 aliphatic carbocycles. The quantitative estimate of drug-likeness (QED) is 0.807. The fourth-order valence-electron chi connectivity index (χ4n) is 2.71. The number of rotatable bonds is 7. The van der Waals surface area contributed by atoms with Crippen molar-refractivity contribution in [1.82, 2.24) is 10.2 Å². The Kier molecular flexibility index (Phi) is 6.10. The summed E-state index contributed by atoms with van der Waals surface area (Å²) < 4.78 is 5.39. The molecule has 0 saturated carbocycles. The van der Waals surface area contributed by atoms with Crippen LogP contribution in [-0.2, 0) is 6.54 Å². The lowest BCUT2D eigenvalue weighted by atomic mass is 10.1. The fraction of sp³-hybridized carbons (Fsp3) is 0.600. The van der Waals surface area contributed by atoms with E-state index in [1.165, 1.54) is 12.8 Å². The molecular formula is C15H23ClN2O2. The highest BCUT2D eigenvalue weighted by atomic mass is 35.5. The zero-order chi connectivity index (χ0) is 14.4. The van der Waals surface area contributed by atoms with Crippen LogP contribution in [-0.4, -0.2) is 49.4 Å². The minimum absolute atomic E-state index is 0.162. The van der Waals surface area contributed by atoms with Gasteiger partial charge in [-0.2, -0.15) is 0 Å². The van der Waals surface area contributed by atoms with Gasteiger partial charge in [0.2, 0.25) is 0 Å². The van der Waals surface area contributed by atoms with E-state index in [1.807, 2.05) is 18.2 Å². The molecule has 0 aromatic heterocycles. The number of ether oxygens (including phenoxy) is 1. The van der Waals surface area contributed by atoms with Crippen LogP contribution in [0, 0.1) is 0 Å². The lowest BCUT2D eigenvalue weighted by Gasteiger charge is -2.25. The van der Waals surface area contributed by atoms with E-state index < -0.39 is 0 Å². The Hall–Kier alpha value is -0.810. The topological polar surface area (TPSA) is 44.7 Å². The second-order valence-electron chi connectivity index (χ2n) is 5.21. The summed E-state index contributed by atoms with van der Waals surface area (Å²) in [6.07, 6.45) is 2.44. The molecule has 5 heteroatoms. The van der Waals surface area contributed by atoms with Gasteiger partial charge in [0.25, 0.3) is 0 Å². The van der Waals surface area contributed by atoms with Crippen LogP contribution in [0.4, 0.5) is 0 Å². The highest BCUT2D eigenvalue weighted by molar-refractivity contribution is 6.30. The van der Waals surface area contributed by atoms with Crippen molar-refractivity contribution in [2.24, 2.45) is 0 Å². The van der Waals surface area contributed by atoms with Gasteiger partial charge < -0.3 is 15.2 Å². The molecule has 1 atom stereocenters. The summed E-state index contributed by atoms with van der Waals surface area (Å²) in [4.78, 5) is 2.25. The van der Waals surface area contributed by atoms with Crippen molar-refractivity contribution >= 4 is 11.6 Å². The monoisotopic (exact) mass is 298 g/mol. The molecule has 4 nitrogen and oxygen atoms in total. The van der Waals surface area contributed by atoms with Crippen molar-refractivity contribution < 1.29 is 9.84 Å². The Morgan fingerprint density at radius 3 is 3.00 bits per heavy atom. The van der Waals surface area contributed by atoms with Crippen LogP contribution in [0.3, 0.4) is 0 Å². The smallest absolute Gasteiger partial charge is 0.123 e. The van der Waals surface area contributed by atoms with Crippen LogP contribution in [0.2, 0.25) is 5.02 Å². The van der Waals surface area contributed by atoms with Gasteiger partial charge >= 0.3 is 0 Å². The number of aliphatic hydroxyl groups excluding tert-OH is 1. The molecule has 2 rings (SSSR count). The molecular weight excluding hydrogens is 276 g/mol. The molecule has 1 aromatic rings. The number of nitrogens with one attached hydrogen (secondary N) is 1. The van der Waals surface area contributed by atoms with Crippen LogP contribution in [0.5, 0.6) is 5.75 Å². The van der Waals surface area contributed by atoms with Crippen molar-refractivity contribution in [3.05, 3.63) is 28.8 Å². The van der Waals surface area contributed by atoms with E-state index in [9.17, 15) is 5.11 Å². The number of nitrogens with zero attached hydrogens (tertiary/aromatic N) is 1. The molecule has 20 heavy (non-hydrogen) atoms. The first-order chi connectivity index (χ1) is 9.72. The molecule has 1 aromatic carbocycles. The predicted molar refractivity (Wildman–Crippen MR) is 81.4 cm³/mol. The molecule has 1 unspecified atom stereocenters. The van der Waals surface area contributed by atoms with Gasteiger partial charge in [-0.1, -0.05) is 11.6 Å². The Labute approximate surface area is 125 Å². The van der Waals surface area contributed by atoms with Gasteiger partial charge in [0.15, 0.2) is 0 Å². The van der Waals surface area contributed by atoms with Gasteiger partial charge in [-0.3, -0.25) is 4.90 Å². The maximum absolute atomic E-state index is 9.25. The first-order valence-electron chi connectivity index (χ1n) is 7.12. The largest absolute Gasteiger partial charge is 0.496 e. The normalized spacial score (nSPS) is 18.7. The van der Waals surface area contributed by atoms with E-state index in [-0.39, 0.29) is 6.61 Å². The van der Waals surface area contributed by atoms with E-state index in [0.717, 1.165) is 30.9 Å². The van der Waals surface area contributed by atoms with Gasteiger partial charge in [-0.25, -0.2) is 0 Å². The number of methoxy groups -OCH3 is 1. The molecule has 1 heterocycles. The summed E-state index contributed by atoms with van der Waals surface area (Å²) in [6.45, 7) is 3.60. The molecule has 1 fully saturated rings. The molecule has 1 saturated heterocycles. The summed E-state index contributed by atoms with van der Waals surface area (Å²) in [5.41, 5.74) is 1.06. The minimum atomic E-state index is 0.162. The number of halogens is 1. The third-order valence-corrected chi connectivity index (χ3v) is 3.93. The van der Waals surface area contributed by atoms with Crippen LogP contribution in [0.25, 0.3) is 0 Å². The lowest BCUT2D eigenvalue weighted by molar-refractivity contribution is 0.177. The zero-order valence-corrected chi connectivity index (χ0v) is 12.7. The highest BCUT2D eigenvalue weighted by Gasteiger charge is 2.18. The predicted octanol–water partition coefficient (Wildman–Crippen LogP) is 1.89. The average Bonchev–Trinajstić information content (AvgIpc) is 2.92. The minimum Gasteiger partial charge on any atom is -0.496 e. The summed E-state index contributed by atoms with van der Waals surface area (Å²) in [7, 11) is 1.67. The summed E-state index contributed by atoms with van der Waals surface area (Å²) in [5.74, 6) is 0.844. The number of aliphatic hydroxyl groups is 1. The van der Waals surface area contributed by atoms with Crippen LogP contribution >= 0.6 is 11.6 Å². The number of benzene rings is 1. The van der Waals surface area contributed by atoms with Crippen molar-refractivity contribution in [1.29, 1.82) is 0 Å². The molecule has 0 bridgehead atoms. The van der Waals surface area contributed by atoms with Gasteiger partial charge in [0, 0.05) is 36.3 Å². The van der Waals surface area contributed by atoms with E-state index in [4.69, 9.17) is 16.3 Å². The Morgan fingerprint density at radius 2 is 2.35 bits per heavy atom. The first-order valence-corrected chi connectivity index (χ1v) is 7.49.